The van der Waals surface area contributed by atoms with Gasteiger partial charge in [0.15, 0.2) is 0 Å². The Morgan fingerprint density at radius 1 is 1.37 bits per heavy atom. The fourth-order valence-corrected chi connectivity index (χ4v) is 2.05. The SMILES string of the molecule is CCN(CCOC)c1cc(C#N)c2ccccc2n1. The van der Waals surface area contributed by atoms with Crippen LogP contribution < -0.4 is 4.90 Å². The first-order valence-corrected chi connectivity index (χ1v) is 6.34. The Hall–Kier alpha value is -2.12. The molecule has 0 N–H and O–H groups in total. The Kier molecular flexibility index (Phi) is 4.32. The van der Waals surface area contributed by atoms with E-state index in [1.54, 1.807) is 7.11 Å². The van der Waals surface area contributed by atoms with Gasteiger partial charge in [-0.05, 0) is 19.1 Å². The number of nitrogens with zero attached hydrogens (tertiary/aromatic N) is 3. The van der Waals surface area contributed by atoms with Crippen molar-refractivity contribution < 1.29 is 4.74 Å². The fraction of sp³-hybridized carbons (Fsp3) is 0.333. The number of likely N-dealkylation sites (N-methyl/N-ethyl adjacent to an activating group) is 1. The topological polar surface area (TPSA) is 49.1 Å². The van der Waals surface area contributed by atoms with Crippen LogP contribution in [0.2, 0.25) is 0 Å². The van der Waals surface area contributed by atoms with Gasteiger partial charge in [0.25, 0.3) is 0 Å². The molecular weight excluding hydrogens is 238 g/mol. The van der Waals surface area contributed by atoms with Crippen LogP contribution in [0.5, 0.6) is 0 Å². The summed E-state index contributed by atoms with van der Waals surface area (Å²) in [6, 6.07) is 11.8. The number of pyridine rings is 1. The molecule has 0 aliphatic heterocycles. The fourth-order valence-electron chi connectivity index (χ4n) is 2.05. The van der Waals surface area contributed by atoms with Crippen LogP contribution in [0, 0.1) is 11.3 Å². The van der Waals surface area contributed by atoms with Gasteiger partial charge in [0.1, 0.15) is 5.82 Å². The molecule has 0 bridgehead atoms. The predicted octanol–water partition coefficient (Wildman–Crippen LogP) is 2.58. The molecule has 98 valence electrons. The molecule has 2 rings (SSSR count). The van der Waals surface area contributed by atoms with Gasteiger partial charge < -0.3 is 9.64 Å². The van der Waals surface area contributed by atoms with Gasteiger partial charge >= 0.3 is 0 Å². The highest BCUT2D eigenvalue weighted by molar-refractivity contribution is 5.86. The summed E-state index contributed by atoms with van der Waals surface area (Å²) in [4.78, 5) is 6.74. The van der Waals surface area contributed by atoms with Gasteiger partial charge in [-0.2, -0.15) is 5.26 Å². The summed E-state index contributed by atoms with van der Waals surface area (Å²) in [6.45, 7) is 4.31. The molecular formula is C15H17N3O. The molecule has 2 aromatic rings. The molecule has 0 aliphatic carbocycles. The molecule has 0 aliphatic rings. The minimum atomic E-state index is 0.643. The number of hydrogen-bond donors (Lipinski definition) is 0. The van der Waals surface area contributed by atoms with E-state index in [1.807, 2.05) is 30.3 Å². The van der Waals surface area contributed by atoms with Gasteiger partial charge in [0.2, 0.25) is 0 Å². The number of nitriles is 1. The zero-order valence-electron chi connectivity index (χ0n) is 11.3. The molecule has 1 heterocycles. The lowest BCUT2D eigenvalue weighted by Gasteiger charge is -2.22. The number of ether oxygens (including phenoxy) is 1. The third kappa shape index (κ3) is 2.83. The van der Waals surface area contributed by atoms with Crippen LogP contribution in [-0.4, -0.2) is 31.8 Å². The van der Waals surface area contributed by atoms with E-state index in [0.29, 0.717) is 12.2 Å². The van der Waals surface area contributed by atoms with Gasteiger partial charge in [-0.15, -0.1) is 0 Å². The molecule has 0 amide bonds. The van der Waals surface area contributed by atoms with Crippen LogP contribution in [-0.2, 0) is 4.74 Å². The number of rotatable bonds is 5. The maximum absolute atomic E-state index is 9.27. The summed E-state index contributed by atoms with van der Waals surface area (Å²) in [5.41, 5.74) is 1.52. The second-order valence-electron chi connectivity index (χ2n) is 4.23. The van der Waals surface area contributed by atoms with E-state index in [2.05, 4.69) is 22.9 Å². The third-order valence-corrected chi connectivity index (χ3v) is 3.09. The Labute approximate surface area is 113 Å². The highest BCUT2D eigenvalue weighted by atomic mass is 16.5. The Morgan fingerprint density at radius 3 is 2.84 bits per heavy atom. The van der Waals surface area contributed by atoms with Gasteiger partial charge in [0, 0.05) is 25.6 Å². The summed E-state index contributed by atoms with van der Waals surface area (Å²) >= 11 is 0. The van der Waals surface area contributed by atoms with Crippen LogP contribution in [0.15, 0.2) is 30.3 Å². The molecule has 0 unspecified atom stereocenters. The molecule has 0 spiro atoms. The number of hydrogen-bond acceptors (Lipinski definition) is 4. The standard InChI is InChI=1S/C15H17N3O/c1-3-18(8-9-19-2)15-10-12(11-16)13-6-4-5-7-14(13)17-15/h4-7,10H,3,8-9H2,1-2H3. The summed E-state index contributed by atoms with van der Waals surface area (Å²) in [7, 11) is 1.68. The van der Waals surface area contributed by atoms with E-state index in [0.717, 1.165) is 29.8 Å². The minimum absolute atomic E-state index is 0.643. The van der Waals surface area contributed by atoms with E-state index in [-0.39, 0.29) is 0 Å². The molecule has 0 fully saturated rings. The van der Waals surface area contributed by atoms with Gasteiger partial charge in [-0.25, -0.2) is 4.98 Å². The van der Waals surface area contributed by atoms with Crippen molar-refractivity contribution in [1.29, 1.82) is 5.26 Å². The van der Waals surface area contributed by atoms with Crippen molar-refractivity contribution in [3.63, 3.8) is 0 Å². The predicted molar refractivity (Wildman–Crippen MR) is 76.2 cm³/mol. The summed E-state index contributed by atoms with van der Waals surface area (Å²) in [5, 5.41) is 10.2. The van der Waals surface area contributed by atoms with Crippen molar-refractivity contribution in [2.24, 2.45) is 0 Å². The number of methoxy groups -OCH3 is 1. The Bertz CT molecular complexity index is 604. The number of para-hydroxylation sites is 1. The summed E-state index contributed by atoms with van der Waals surface area (Å²) in [6.07, 6.45) is 0. The third-order valence-electron chi connectivity index (χ3n) is 3.09. The van der Waals surface area contributed by atoms with Crippen LogP contribution in [0.3, 0.4) is 0 Å². The molecule has 1 aromatic carbocycles. The van der Waals surface area contributed by atoms with Crippen molar-refractivity contribution in [1.82, 2.24) is 4.98 Å². The highest BCUT2D eigenvalue weighted by Gasteiger charge is 2.10. The number of fused-ring (bicyclic) bond motifs is 1. The zero-order chi connectivity index (χ0) is 13.7. The maximum Gasteiger partial charge on any atom is 0.130 e. The van der Waals surface area contributed by atoms with E-state index in [9.17, 15) is 5.26 Å². The van der Waals surface area contributed by atoms with E-state index >= 15 is 0 Å². The molecule has 0 saturated heterocycles. The lowest BCUT2D eigenvalue weighted by molar-refractivity contribution is 0.205. The summed E-state index contributed by atoms with van der Waals surface area (Å²) in [5.74, 6) is 0.829. The van der Waals surface area contributed by atoms with Crippen molar-refractivity contribution >= 4 is 16.7 Å². The largest absolute Gasteiger partial charge is 0.383 e. The van der Waals surface area contributed by atoms with Gasteiger partial charge in [0.05, 0.1) is 23.8 Å². The second kappa shape index (κ2) is 6.17. The first kappa shape index (κ1) is 13.3. The van der Waals surface area contributed by atoms with Crippen LogP contribution >= 0.6 is 0 Å². The minimum Gasteiger partial charge on any atom is -0.383 e. The van der Waals surface area contributed by atoms with E-state index in [4.69, 9.17) is 4.74 Å². The lowest BCUT2D eigenvalue weighted by atomic mass is 10.1. The number of anilines is 1. The normalized spacial score (nSPS) is 10.4. The molecule has 4 heteroatoms. The number of benzene rings is 1. The van der Waals surface area contributed by atoms with Gasteiger partial charge in [-0.3, -0.25) is 0 Å². The molecule has 0 saturated carbocycles. The monoisotopic (exact) mass is 255 g/mol. The second-order valence-corrected chi connectivity index (χ2v) is 4.23. The smallest absolute Gasteiger partial charge is 0.130 e. The average molecular weight is 255 g/mol. The number of aromatic nitrogens is 1. The highest BCUT2D eigenvalue weighted by Crippen LogP contribution is 2.22. The first-order valence-electron chi connectivity index (χ1n) is 6.34. The zero-order valence-corrected chi connectivity index (χ0v) is 11.3. The molecule has 4 nitrogen and oxygen atoms in total. The Morgan fingerprint density at radius 2 is 2.16 bits per heavy atom. The Balaban J connectivity index is 2.46. The van der Waals surface area contributed by atoms with Crippen molar-refractivity contribution in [3.8, 4) is 6.07 Å². The first-order chi connectivity index (χ1) is 9.30. The van der Waals surface area contributed by atoms with E-state index < -0.39 is 0 Å². The van der Waals surface area contributed by atoms with Crippen LogP contribution in [0.25, 0.3) is 10.9 Å². The van der Waals surface area contributed by atoms with Crippen molar-refractivity contribution in [2.45, 2.75) is 6.92 Å². The van der Waals surface area contributed by atoms with E-state index in [1.165, 1.54) is 0 Å². The average Bonchev–Trinajstić information content (AvgIpc) is 2.47. The van der Waals surface area contributed by atoms with Crippen LogP contribution in [0.1, 0.15) is 12.5 Å². The lowest BCUT2D eigenvalue weighted by Crippen LogP contribution is -2.27. The van der Waals surface area contributed by atoms with Crippen molar-refractivity contribution in [2.75, 3.05) is 31.7 Å². The van der Waals surface area contributed by atoms with Crippen molar-refractivity contribution in [3.05, 3.63) is 35.9 Å². The molecule has 0 atom stereocenters. The quantitative estimate of drug-likeness (QED) is 0.824. The molecule has 0 radical (unpaired) electrons. The molecule has 19 heavy (non-hydrogen) atoms. The maximum atomic E-state index is 9.27. The van der Waals surface area contributed by atoms with Gasteiger partial charge in [-0.1, -0.05) is 18.2 Å². The summed E-state index contributed by atoms with van der Waals surface area (Å²) < 4.78 is 5.11. The van der Waals surface area contributed by atoms with Crippen LogP contribution in [0.4, 0.5) is 5.82 Å². The molecule has 1 aromatic heterocycles.